The van der Waals surface area contributed by atoms with E-state index >= 15 is 0 Å². The van der Waals surface area contributed by atoms with Gasteiger partial charge in [-0.05, 0) is 17.7 Å². The van der Waals surface area contributed by atoms with Gasteiger partial charge in [0.15, 0.2) is 5.84 Å². The van der Waals surface area contributed by atoms with Gasteiger partial charge in [0.25, 0.3) is 0 Å². The second-order valence-electron chi connectivity index (χ2n) is 3.73. The minimum Gasteiger partial charge on any atom is -0.480 e. The molecule has 0 amide bonds. The molecule has 1 aromatic heterocycles. The molecule has 0 bridgehead atoms. The minimum atomic E-state index is -0.343. The van der Waals surface area contributed by atoms with E-state index in [1.165, 1.54) is 37.9 Å². The van der Waals surface area contributed by atoms with Crippen molar-refractivity contribution in [2.75, 3.05) is 7.11 Å². The van der Waals surface area contributed by atoms with Gasteiger partial charge < -0.3 is 10.5 Å². The average Bonchev–Trinajstić information content (AvgIpc) is 2.47. The van der Waals surface area contributed by atoms with Crippen LogP contribution in [0.5, 0.6) is 5.88 Å². The Morgan fingerprint density at radius 2 is 2.25 bits per heavy atom. The molecule has 0 spiro atoms. The van der Waals surface area contributed by atoms with Crippen LogP contribution in [0.4, 0.5) is 4.39 Å². The molecule has 2 rings (SSSR count). The number of hydrogen-bond donors (Lipinski definition) is 1. The topological polar surface area (TPSA) is 85.8 Å². The summed E-state index contributed by atoms with van der Waals surface area (Å²) in [6, 6.07) is 5.96. The predicted molar refractivity (Wildman–Crippen MR) is 73.3 cm³/mol. The average molecular weight is 273 g/mol. The van der Waals surface area contributed by atoms with Crippen LogP contribution in [0.3, 0.4) is 0 Å². The van der Waals surface area contributed by atoms with Crippen LogP contribution >= 0.6 is 0 Å². The summed E-state index contributed by atoms with van der Waals surface area (Å²) in [4.78, 5) is 7.96. The van der Waals surface area contributed by atoms with Crippen molar-refractivity contribution in [1.29, 1.82) is 0 Å². The standard InChI is InChI=1S/C13H12FN5O/c1-20-12-8-16-7-11(18-12)13(15)19-17-6-9-3-2-4-10(14)5-9/h2-8H,1H3,(H2,15,19)/b17-6+. The van der Waals surface area contributed by atoms with Crippen LogP contribution in [0.2, 0.25) is 0 Å². The highest BCUT2D eigenvalue weighted by atomic mass is 19.1. The number of nitrogens with zero attached hydrogens (tertiary/aromatic N) is 4. The second-order valence-corrected chi connectivity index (χ2v) is 3.73. The lowest BCUT2D eigenvalue weighted by atomic mass is 10.2. The number of rotatable bonds is 4. The van der Waals surface area contributed by atoms with Gasteiger partial charge in [-0.25, -0.2) is 9.37 Å². The van der Waals surface area contributed by atoms with E-state index < -0.39 is 0 Å². The first-order valence-electron chi connectivity index (χ1n) is 5.67. The molecule has 20 heavy (non-hydrogen) atoms. The minimum absolute atomic E-state index is 0.0871. The lowest BCUT2D eigenvalue weighted by Gasteiger charge is -2.00. The molecule has 6 nitrogen and oxygen atoms in total. The highest BCUT2D eigenvalue weighted by Gasteiger charge is 2.02. The predicted octanol–water partition coefficient (Wildman–Crippen LogP) is 1.36. The molecule has 0 aliphatic carbocycles. The summed E-state index contributed by atoms with van der Waals surface area (Å²) in [6.07, 6.45) is 4.29. The number of halogens is 1. The molecule has 1 aromatic carbocycles. The summed E-state index contributed by atoms with van der Waals surface area (Å²) in [6.45, 7) is 0. The number of nitrogens with two attached hydrogens (primary N) is 1. The van der Waals surface area contributed by atoms with Gasteiger partial charge in [-0.2, -0.15) is 5.10 Å². The molecular formula is C13H12FN5O. The van der Waals surface area contributed by atoms with Gasteiger partial charge >= 0.3 is 0 Å². The van der Waals surface area contributed by atoms with E-state index in [4.69, 9.17) is 10.5 Å². The second kappa shape index (κ2) is 6.37. The summed E-state index contributed by atoms with van der Waals surface area (Å²) in [5.41, 5.74) is 6.65. The molecule has 0 radical (unpaired) electrons. The molecule has 0 fully saturated rings. The van der Waals surface area contributed by atoms with Crippen molar-refractivity contribution in [3.63, 3.8) is 0 Å². The van der Waals surface area contributed by atoms with Gasteiger partial charge in [0.2, 0.25) is 5.88 Å². The smallest absolute Gasteiger partial charge is 0.232 e. The lowest BCUT2D eigenvalue weighted by Crippen LogP contribution is -2.15. The molecule has 2 N–H and O–H groups in total. The van der Waals surface area contributed by atoms with E-state index in [0.717, 1.165) is 0 Å². The fourth-order valence-corrected chi connectivity index (χ4v) is 1.37. The van der Waals surface area contributed by atoms with Gasteiger partial charge in [-0.15, -0.1) is 5.10 Å². The van der Waals surface area contributed by atoms with Gasteiger partial charge in [-0.1, -0.05) is 12.1 Å². The maximum Gasteiger partial charge on any atom is 0.232 e. The van der Waals surface area contributed by atoms with Crippen LogP contribution in [-0.2, 0) is 0 Å². The van der Waals surface area contributed by atoms with E-state index in [2.05, 4.69) is 20.2 Å². The first-order chi connectivity index (χ1) is 9.69. The van der Waals surface area contributed by atoms with Gasteiger partial charge in [0.1, 0.15) is 11.5 Å². The number of hydrogen-bond acceptors (Lipinski definition) is 5. The Balaban J connectivity index is 2.14. The first-order valence-corrected chi connectivity index (χ1v) is 5.67. The maximum atomic E-state index is 12.9. The van der Waals surface area contributed by atoms with E-state index in [0.29, 0.717) is 17.1 Å². The zero-order chi connectivity index (χ0) is 14.4. The zero-order valence-electron chi connectivity index (χ0n) is 10.7. The van der Waals surface area contributed by atoms with Crippen molar-refractivity contribution in [3.8, 4) is 5.88 Å². The summed E-state index contributed by atoms with van der Waals surface area (Å²) >= 11 is 0. The fraction of sp³-hybridized carbons (Fsp3) is 0.0769. The number of methoxy groups -OCH3 is 1. The molecule has 0 saturated carbocycles. The summed E-state index contributed by atoms with van der Waals surface area (Å²) in [5.74, 6) is 0.0726. The lowest BCUT2D eigenvalue weighted by molar-refractivity contribution is 0.395. The maximum absolute atomic E-state index is 12.9. The van der Waals surface area contributed by atoms with Crippen LogP contribution in [0.25, 0.3) is 0 Å². The third kappa shape index (κ3) is 3.58. The number of amidine groups is 1. The quantitative estimate of drug-likeness (QED) is 0.518. The molecule has 0 aliphatic rings. The number of aromatic nitrogens is 2. The SMILES string of the molecule is COc1cncc(/C(N)=N/N=C/c2cccc(F)c2)n1. The van der Waals surface area contributed by atoms with Crippen LogP contribution in [0, 0.1) is 5.82 Å². The van der Waals surface area contributed by atoms with Crippen molar-refractivity contribution in [1.82, 2.24) is 9.97 Å². The first kappa shape index (κ1) is 13.6. The Bertz CT molecular complexity index is 657. The van der Waals surface area contributed by atoms with Crippen molar-refractivity contribution >= 4 is 12.1 Å². The molecule has 0 saturated heterocycles. The van der Waals surface area contributed by atoms with Crippen molar-refractivity contribution in [3.05, 3.63) is 53.7 Å². The molecule has 0 unspecified atom stereocenters. The van der Waals surface area contributed by atoms with Crippen molar-refractivity contribution in [2.45, 2.75) is 0 Å². The van der Waals surface area contributed by atoms with Crippen molar-refractivity contribution < 1.29 is 9.13 Å². The summed E-state index contributed by atoms with van der Waals surface area (Å²) in [7, 11) is 1.48. The van der Waals surface area contributed by atoms with Gasteiger partial charge in [0.05, 0.1) is 25.7 Å². The Morgan fingerprint density at radius 1 is 1.40 bits per heavy atom. The van der Waals surface area contributed by atoms with Crippen LogP contribution in [0.15, 0.2) is 46.9 Å². The monoisotopic (exact) mass is 273 g/mol. The highest BCUT2D eigenvalue weighted by molar-refractivity contribution is 5.95. The Morgan fingerprint density at radius 3 is 3.00 bits per heavy atom. The van der Waals surface area contributed by atoms with Crippen LogP contribution in [-0.4, -0.2) is 29.1 Å². The van der Waals surface area contributed by atoms with Gasteiger partial charge in [-0.3, -0.25) is 4.98 Å². The highest BCUT2D eigenvalue weighted by Crippen LogP contribution is 2.04. The van der Waals surface area contributed by atoms with E-state index in [-0.39, 0.29) is 11.7 Å². The Hall–Kier alpha value is -2.83. The molecule has 7 heteroatoms. The van der Waals surface area contributed by atoms with Crippen molar-refractivity contribution in [2.24, 2.45) is 15.9 Å². The fourth-order valence-electron chi connectivity index (χ4n) is 1.37. The van der Waals surface area contributed by atoms with Crippen LogP contribution in [0.1, 0.15) is 11.3 Å². The molecular weight excluding hydrogens is 261 g/mol. The summed E-state index contributed by atoms with van der Waals surface area (Å²) in [5, 5.41) is 7.56. The van der Waals surface area contributed by atoms with E-state index in [1.54, 1.807) is 12.1 Å². The third-order valence-electron chi connectivity index (χ3n) is 2.30. The van der Waals surface area contributed by atoms with Crippen LogP contribution < -0.4 is 10.5 Å². The third-order valence-corrected chi connectivity index (χ3v) is 2.30. The van der Waals surface area contributed by atoms with E-state index in [9.17, 15) is 4.39 Å². The Kier molecular flexibility index (Phi) is 4.33. The molecule has 1 heterocycles. The molecule has 0 atom stereocenters. The largest absolute Gasteiger partial charge is 0.480 e. The van der Waals surface area contributed by atoms with E-state index in [1.807, 2.05) is 0 Å². The summed E-state index contributed by atoms with van der Waals surface area (Å²) < 4.78 is 17.9. The number of ether oxygens (including phenoxy) is 1. The molecule has 102 valence electrons. The zero-order valence-corrected chi connectivity index (χ0v) is 10.7. The Labute approximate surface area is 114 Å². The number of benzene rings is 1. The van der Waals surface area contributed by atoms with Gasteiger partial charge in [0, 0.05) is 0 Å². The normalized spacial score (nSPS) is 11.8. The molecule has 2 aromatic rings. The molecule has 0 aliphatic heterocycles.